The van der Waals surface area contributed by atoms with Crippen molar-refractivity contribution in [2.24, 2.45) is 7.05 Å². The number of nitrogens with zero attached hydrogens (tertiary/aromatic N) is 3. The number of carbonyl (C=O) groups excluding carboxylic acids is 1. The Kier molecular flexibility index (Phi) is 6.34. The fourth-order valence-electron chi connectivity index (χ4n) is 2.93. The molecule has 0 radical (unpaired) electrons. The van der Waals surface area contributed by atoms with Crippen molar-refractivity contribution < 1.29 is 13.9 Å². The van der Waals surface area contributed by atoms with Gasteiger partial charge in [-0.15, -0.1) is 10.2 Å². The van der Waals surface area contributed by atoms with Crippen molar-refractivity contribution in [3.63, 3.8) is 0 Å². The molecule has 2 aromatic carbocycles. The van der Waals surface area contributed by atoms with Crippen molar-refractivity contribution in [2.75, 3.05) is 18.2 Å². The number of hydrogen-bond donors (Lipinski definition) is 1. The maximum atomic E-state index is 12.4. The lowest BCUT2D eigenvalue weighted by Crippen LogP contribution is -2.15. The SMILES string of the molecule is COc1cccc2cc(-c3nnc(SCC(=O)Nc4c(Cl)cc(Cl)cc4Cl)n3C)oc12. The van der Waals surface area contributed by atoms with Crippen LogP contribution in [0, 0.1) is 0 Å². The predicted molar refractivity (Wildman–Crippen MR) is 124 cm³/mol. The average molecular weight is 498 g/mol. The summed E-state index contributed by atoms with van der Waals surface area (Å²) in [4.78, 5) is 12.4. The molecule has 160 valence electrons. The van der Waals surface area contributed by atoms with Crippen LogP contribution in [-0.4, -0.2) is 33.5 Å². The zero-order chi connectivity index (χ0) is 22.1. The number of aromatic nitrogens is 3. The van der Waals surface area contributed by atoms with Gasteiger partial charge in [0, 0.05) is 17.5 Å². The highest BCUT2D eigenvalue weighted by Gasteiger charge is 2.18. The van der Waals surface area contributed by atoms with E-state index >= 15 is 0 Å². The second kappa shape index (κ2) is 9.00. The van der Waals surface area contributed by atoms with Crippen LogP contribution in [0.15, 0.2) is 46.0 Å². The van der Waals surface area contributed by atoms with E-state index in [0.717, 1.165) is 5.39 Å². The number of nitrogens with one attached hydrogen (secondary N) is 1. The summed E-state index contributed by atoms with van der Waals surface area (Å²) in [7, 11) is 3.39. The van der Waals surface area contributed by atoms with Crippen molar-refractivity contribution in [3.8, 4) is 17.3 Å². The van der Waals surface area contributed by atoms with E-state index in [0.29, 0.717) is 38.8 Å². The van der Waals surface area contributed by atoms with Gasteiger partial charge in [-0.1, -0.05) is 58.7 Å². The molecule has 7 nitrogen and oxygen atoms in total. The summed E-state index contributed by atoms with van der Waals surface area (Å²) < 4.78 is 13.0. The molecule has 31 heavy (non-hydrogen) atoms. The molecule has 11 heteroatoms. The minimum Gasteiger partial charge on any atom is -0.493 e. The zero-order valence-corrected chi connectivity index (χ0v) is 19.4. The number of para-hydroxylation sites is 1. The Morgan fingerprint density at radius 3 is 2.65 bits per heavy atom. The van der Waals surface area contributed by atoms with Gasteiger partial charge in [-0.05, 0) is 24.3 Å². The molecule has 1 amide bonds. The quantitative estimate of drug-likeness (QED) is 0.333. The van der Waals surface area contributed by atoms with Crippen LogP contribution in [0.1, 0.15) is 0 Å². The molecule has 0 bridgehead atoms. The summed E-state index contributed by atoms with van der Waals surface area (Å²) >= 11 is 19.3. The van der Waals surface area contributed by atoms with Gasteiger partial charge in [-0.3, -0.25) is 4.79 Å². The maximum Gasteiger partial charge on any atom is 0.234 e. The zero-order valence-electron chi connectivity index (χ0n) is 16.3. The first-order valence-electron chi connectivity index (χ1n) is 8.91. The smallest absolute Gasteiger partial charge is 0.234 e. The Bertz CT molecular complexity index is 1270. The van der Waals surface area contributed by atoms with Gasteiger partial charge < -0.3 is 19.0 Å². The molecule has 0 aliphatic heterocycles. The first-order chi connectivity index (χ1) is 14.9. The van der Waals surface area contributed by atoms with E-state index in [1.807, 2.05) is 24.3 Å². The van der Waals surface area contributed by atoms with Crippen LogP contribution in [0.25, 0.3) is 22.6 Å². The van der Waals surface area contributed by atoms with Crippen LogP contribution in [0.3, 0.4) is 0 Å². The van der Waals surface area contributed by atoms with E-state index in [9.17, 15) is 4.79 Å². The Morgan fingerprint density at radius 1 is 1.19 bits per heavy atom. The van der Waals surface area contributed by atoms with Crippen molar-refractivity contribution in [1.82, 2.24) is 14.8 Å². The standard InChI is InChI=1S/C20H15Cl3N4O3S/c1-27-19(15-6-10-4-3-5-14(29-2)18(10)30-15)25-26-20(27)31-9-16(28)24-17-12(22)7-11(21)8-13(17)23/h3-8H,9H2,1-2H3,(H,24,28). The van der Waals surface area contributed by atoms with Crippen LogP contribution in [0.4, 0.5) is 5.69 Å². The van der Waals surface area contributed by atoms with Crippen molar-refractivity contribution >= 4 is 69.1 Å². The minimum absolute atomic E-state index is 0.0786. The normalized spacial score (nSPS) is 11.1. The van der Waals surface area contributed by atoms with Crippen LogP contribution in [0.2, 0.25) is 15.1 Å². The molecule has 2 aromatic heterocycles. The van der Waals surface area contributed by atoms with Gasteiger partial charge in [0.2, 0.25) is 5.91 Å². The average Bonchev–Trinajstić information content (AvgIpc) is 3.32. The van der Waals surface area contributed by atoms with Gasteiger partial charge in [0.15, 0.2) is 28.1 Å². The van der Waals surface area contributed by atoms with Gasteiger partial charge in [0.05, 0.1) is 28.6 Å². The van der Waals surface area contributed by atoms with Gasteiger partial charge in [0.1, 0.15) is 0 Å². The van der Waals surface area contributed by atoms with Crippen LogP contribution in [-0.2, 0) is 11.8 Å². The fraction of sp³-hybridized carbons (Fsp3) is 0.150. The highest BCUT2D eigenvalue weighted by molar-refractivity contribution is 7.99. The number of rotatable bonds is 6. The summed E-state index contributed by atoms with van der Waals surface area (Å²) in [5.41, 5.74) is 0.946. The lowest BCUT2D eigenvalue weighted by molar-refractivity contribution is -0.113. The molecular weight excluding hydrogens is 483 g/mol. The number of carbonyl (C=O) groups is 1. The summed E-state index contributed by atoms with van der Waals surface area (Å²) in [5.74, 6) is 1.50. The Morgan fingerprint density at radius 2 is 1.94 bits per heavy atom. The van der Waals surface area contributed by atoms with Crippen LogP contribution >= 0.6 is 46.6 Å². The lowest BCUT2D eigenvalue weighted by Gasteiger charge is -2.09. The first-order valence-corrected chi connectivity index (χ1v) is 11.0. The van der Waals surface area contributed by atoms with Gasteiger partial charge >= 0.3 is 0 Å². The molecule has 0 unspecified atom stereocenters. The minimum atomic E-state index is -0.297. The molecule has 1 N–H and O–H groups in total. The maximum absolute atomic E-state index is 12.4. The van der Waals surface area contributed by atoms with Crippen LogP contribution < -0.4 is 10.1 Å². The van der Waals surface area contributed by atoms with Crippen molar-refractivity contribution in [3.05, 3.63) is 51.5 Å². The lowest BCUT2D eigenvalue weighted by atomic mass is 10.2. The van der Waals surface area contributed by atoms with E-state index in [1.165, 1.54) is 23.9 Å². The summed E-state index contributed by atoms with van der Waals surface area (Å²) in [6, 6.07) is 10.5. The van der Waals surface area contributed by atoms with E-state index < -0.39 is 0 Å². The molecule has 0 saturated carbocycles. The molecule has 4 aromatic rings. The number of anilines is 1. The third kappa shape index (κ3) is 4.48. The van der Waals surface area contributed by atoms with E-state index in [2.05, 4.69) is 15.5 Å². The number of methoxy groups -OCH3 is 1. The Balaban J connectivity index is 1.49. The third-order valence-electron chi connectivity index (χ3n) is 4.39. The molecule has 2 heterocycles. The summed E-state index contributed by atoms with van der Waals surface area (Å²) in [6.07, 6.45) is 0. The van der Waals surface area contributed by atoms with Gasteiger partial charge in [0.25, 0.3) is 0 Å². The predicted octanol–water partition coefficient (Wildman–Crippen LogP) is 5.93. The number of fused-ring (bicyclic) bond motifs is 1. The highest BCUT2D eigenvalue weighted by Crippen LogP contribution is 2.35. The molecule has 0 saturated heterocycles. The van der Waals surface area contributed by atoms with Gasteiger partial charge in [-0.25, -0.2) is 0 Å². The molecule has 0 fully saturated rings. The molecule has 0 atom stereocenters. The number of furan rings is 1. The second-order valence-corrected chi connectivity index (χ2v) is 8.63. The topological polar surface area (TPSA) is 82.2 Å². The number of hydrogen-bond acceptors (Lipinski definition) is 6. The van der Waals surface area contributed by atoms with Gasteiger partial charge in [-0.2, -0.15) is 0 Å². The summed E-state index contributed by atoms with van der Waals surface area (Å²) in [6.45, 7) is 0. The highest BCUT2D eigenvalue weighted by atomic mass is 35.5. The fourth-order valence-corrected chi connectivity index (χ4v) is 4.55. The summed E-state index contributed by atoms with van der Waals surface area (Å²) in [5, 5.41) is 13.4. The third-order valence-corrected chi connectivity index (χ3v) is 6.22. The molecule has 4 rings (SSSR count). The number of ether oxygens (including phenoxy) is 1. The molecular formula is C20H15Cl3N4O3S. The van der Waals surface area contributed by atoms with Crippen LogP contribution in [0.5, 0.6) is 5.75 Å². The number of halogens is 3. The largest absolute Gasteiger partial charge is 0.493 e. The first kappa shape index (κ1) is 21.8. The number of amides is 1. The van der Waals surface area contributed by atoms with E-state index in [-0.39, 0.29) is 21.7 Å². The number of benzene rings is 2. The van der Waals surface area contributed by atoms with E-state index in [4.69, 9.17) is 44.0 Å². The monoisotopic (exact) mass is 496 g/mol. The Hall–Kier alpha value is -2.39. The molecule has 0 spiro atoms. The van der Waals surface area contributed by atoms with E-state index in [1.54, 1.807) is 18.7 Å². The Labute approximate surface area is 196 Å². The molecule has 0 aliphatic rings. The van der Waals surface area contributed by atoms with Crippen molar-refractivity contribution in [2.45, 2.75) is 5.16 Å². The van der Waals surface area contributed by atoms with Crippen molar-refractivity contribution in [1.29, 1.82) is 0 Å². The molecule has 0 aliphatic carbocycles. The second-order valence-electron chi connectivity index (χ2n) is 6.44. The number of thioether (sulfide) groups is 1.